The number of benzene rings is 3. The second-order valence-electron chi connectivity index (χ2n) is 9.19. The van der Waals surface area contributed by atoms with Crippen LogP contribution >= 0.6 is 0 Å². The molecule has 3 heterocycles. The van der Waals surface area contributed by atoms with Gasteiger partial charge in [-0.15, -0.1) is 0 Å². The van der Waals surface area contributed by atoms with Gasteiger partial charge in [0.25, 0.3) is 11.7 Å². The van der Waals surface area contributed by atoms with Crippen molar-refractivity contribution in [1.29, 1.82) is 5.26 Å². The second kappa shape index (κ2) is 11.3. The summed E-state index contributed by atoms with van der Waals surface area (Å²) in [5.41, 5.74) is 4.05. The molecule has 3 aromatic heterocycles. The van der Waals surface area contributed by atoms with Gasteiger partial charge in [0.05, 0.1) is 29.7 Å². The van der Waals surface area contributed by atoms with Gasteiger partial charge in [-0.2, -0.15) is 10.2 Å². The predicted octanol–water partition coefficient (Wildman–Crippen LogP) is 3.34. The summed E-state index contributed by atoms with van der Waals surface area (Å²) in [6.07, 6.45) is 0. The van der Waals surface area contributed by atoms with Crippen molar-refractivity contribution in [2.75, 3.05) is 6.61 Å². The third-order valence-electron chi connectivity index (χ3n) is 6.58. The van der Waals surface area contributed by atoms with Gasteiger partial charge in [-0.1, -0.05) is 59.8 Å². The van der Waals surface area contributed by atoms with E-state index in [1.54, 1.807) is 28.8 Å². The molecule has 0 aliphatic carbocycles. The summed E-state index contributed by atoms with van der Waals surface area (Å²) in [6.45, 7) is 2.06. The number of fused-ring (bicyclic) bond motifs is 1. The molecule has 43 heavy (non-hydrogen) atoms. The lowest BCUT2D eigenvalue weighted by Gasteiger charge is -2.12. The van der Waals surface area contributed by atoms with Crippen LogP contribution in [0.15, 0.2) is 80.7 Å². The standard InChI is InChI=1S/C29H21N7O7/c1-2-40-28-31-22-9-5-8-21(27(37)41-16-23-24(14-30)36(39)43-33-23)25(22)35(28)15-17-10-12-18(13-11-17)19-6-3-4-7-20(19)26-32-29(38)42-34-26/h3-13H,2,15-16H2,1H3,(H,32,34,38). The van der Waals surface area contributed by atoms with E-state index in [2.05, 4.69) is 29.4 Å². The molecule has 0 bridgehead atoms. The van der Waals surface area contributed by atoms with E-state index in [9.17, 15) is 14.8 Å². The van der Waals surface area contributed by atoms with E-state index in [0.29, 0.717) is 41.6 Å². The molecule has 0 spiro atoms. The summed E-state index contributed by atoms with van der Waals surface area (Å²) < 4.78 is 22.1. The first-order chi connectivity index (χ1) is 21.0. The number of hydrogen-bond donors (Lipinski definition) is 1. The molecule has 0 radical (unpaired) electrons. The molecule has 14 heteroatoms. The monoisotopic (exact) mass is 579 g/mol. The summed E-state index contributed by atoms with van der Waals surface area (Å²) in [5, 5.41) is 27.9. The Labute approximate surface area is 241 Å². The number of nitriles is 1. The van der Waals surface area contributed by atoms with Gasteiger partial charge in [-0.25, -0.2) is 9.59 Å². The van der Waals surface area contributed by atoms with Crippen LogP contribution in [-0.4, -0.2) is 37.4 Å². The maximum atomic E-state index is 13.2. The van der Waals surface area contributed by atoms with Crippen molar-refractivity contribution in [3.63, 3.8) is 0 Å². The number of para-hydroxylation sites is 1. The van der Waals surface area contributed by atoms with Crippen molar-refractivity contribution in [2.45, 2.75) is 20.1 Å². The molecule has 6 aromatic rings. The summed E-state index contributed by atoms with van der Waals surface area (Å²) in [4.78, 5) is 31.8. The number of H-pyrrole nitrogens is 1. The number of nitrogens with one attached hydrogen (secondary N) is 1. The van der Waals surface area contributed by atoms with Crippen molar-refractivity contribution < 1.29 is 28.3 Å². The number of nitrogens with zero attached hydrogens (tertiary/aromatic N) is 6. The van der Waals surface area contributed by atoms with Gasteiger partial charge < -0.3 is 14.7 Å². The highest BCUT2D eigenvalue weighted by Gasteiger charge is 2.24. The van der Waals surface area contributed by atoms with E-state index in [1.807, 2.05) is 55.5 Å². The average Bonchev–Trinajstić information content (AvgIpc) is 3.72. The molecule has 0 unspecified atom stereocenters. The molecule has 214 valence electrons. The third kappa shape index (κ3) is 5.18. The maximum absolute atomic E-state index is 13.2. The topological polar surface area (TPSA) is 189 Å². The molecule has 0 aliphatic heterocycles. The van der Waals surface area contributed by atoms with E-state index in [4.69, 9.17) is 14.7 Å². The molecule has 6 rings (SSSR count). The van der Waals surface area contributed by atoms with Crippen molar-refractivity contribution in [1.82, 2.24) is 24.8 Å². The minimum Gasteiger partial charge on any atom is -0.465 e. The van der Waals surface area contributed by atoms with Crippen LogP contribution < -0.4 is 15.4 Å². The van der Waals surface area contributed by atoms with Gasteiger partial charge in [0.2, 0.25) is 0 Å². The molecule has 14 nitrogen and oxygen atoms in total. The van der Waals surface area contributed by atoms with Gasteiger partial charge in [-0.05, 0) is 40.6 Å². The highest BCUT2D eigenvalue weighted by Crippen LogP contribution is 2.31. The van der Waals surface area contributed by atoms with Crippen LogP contribution in [0.25, 0.3) is 33.5 Å². The summed E-state index contributed by atoms with van der Waals surface area (Å²) in [7, 11) is 0. The minimum absolute atomic E-state index is 0.0493. The Morgan fingerprint density at radius 2 is 1.88 bits per heavy atom. The molecular weight excluding hydrogens is 558 g/mol. The first-order valence-electron chi connectivity index (χ1n) is 13.0. The zero-order chi connectivity index (χ0) is 29.9. The van der Waals surface area contributed by atoms with Gasteiger partial charge in [-0.3, -0.25) is 18.7 Å². The number of aromatic amines is 1. The van der Waals surface area contributed by atoms with Gasteiger partial charge in [0, 0.05) is 10.7 Å². The predicted molar refractivity (Wildman–Crippen MR) is 147 cm³/mol. The van der Waals surface area contributed by atoms with E-state index in [-0.39, 0.29) is 16.2 Å². The van der Waals surface area contributed by atoms with Gasteiger partial charge >= 0.3 is 17.4 Å². The molecule has 3 aromatic carbocycles. The number of carbonyl (C=O) groups is 1. The molecular formula is C29H21N7O7. The smallest absolute Gasteiger partial charge is 0.439 e. The number of aromatic nitrogens is 6. The fourth-order valence-electron chi connectivity index (χ4n) is 4.66. The largest absolute Gasteiger partial charge is 0.465 e. The number of carbonyl (C=O) groups excluding carboxylic acids is 1. The number of esters is 1. The van der Waals surface area contributed by atoms with E-state index >= 15 is 0 Å². The number of imidazole rings is 1. The lowest BCUT2D eigenvalue weighted by Crippen LogP contribution is -2.26. The lowest BCUT2D eigenvalue weighted by molar-refractivity contribution is -0.804. The summed E-state index contributed by atoms with van der Waals surface area (Å²) in [5.74, 6) is -1.02. The minimum atomic E-state index is -0.711. The van der Waals surface area contributed by atoms with Crippen LogP contribution in [-0.2, 0) is 17.9 Å². The van der Waals surface area contributed by atoms with Crippen LogP contribution in [0.3, 0.4) is 0 Å². The van der Waals surface area contributed by atoms with Crippen molar-refractivity contribution in [3.8, 4) is 34.6 Å². The fraction of sp³-hybridized carbons (Fsp3) is 0.138. The van der Waals surface area contributed by atoms with Gasteiger partial charge in [0.1, 0.15) is 0 Å². The SMILES string of the molecule is CCOc1nc2cccc(C(=O)OCc3no[n+]([O-])c3C#N)c2n1Cc1ccc(-c2ccccc2-c2noc(=O)[nH]2)cc1. The van der Waals surface area contributed by atoms with Crippen molar-refractivity contribution >= 4 is 17.0 Å². The summed E-state index contributed by atoms with van der Waals surface area (Å²) in [6, 6.07) is 22.2. The molecule has 0 amide bonds. The Balaban J connectivity index is 1.31. The highest BCUT2D eigenvalue weighted by atomic mass is 16.8. The third-order valence-corrected chi connectivity index (χ3v) is 6.58. The highest BCUT2D eigenvalue weighted by molar-refractivity contribution is 6.02. The zero-order valence-electron chi connectivity index (χ0n) is 22.5. The maximum Gasteiger partial charge on any atom is 0.439 e. The van der Waals surface area contributed by atoms with E-state index in [0.717, 1.165) is 16.7 Å². The molecule has 0 saturated carbocycles. The molecule has 0 atom stereocenters. The fourth-order valence-corrected chi connectivity index (χ4v) is 4.66. The average molecular weight is 580 g/mol. The van der Waals surface area contributed by atoms with Crippen LogP contribution in [0.1, 0.15) is 34.2 Å². The van der Waals surface area contributed by atoms with Crippen LogP contribution in [0.2, 0.25) is 0 Å². The van der Waals surface area contributed by atoms with Crippen LogP contribution in [0.4, 0.5) is 0 Å². The Hall–Kier alpha value is -6.23. The van der Waals surface area contributed by atoms with Crippen molar-refractivity contribution in [2.24, 2.45) is 0 Å². The van der Waals surface area contributed by atoms with Gasteiger partial charge in [0.15, 0.2) is 18.5 Å². The number of rotatable bonds is 9. The Kier molecular flexibility index (Phi) is 7.11. The molecule has 0 fully saturated rings. The van der Waals surface area contributed by atoms with E-state index < -0.39 is 24.0 Å². The first-order valence-corrected chi connectivity index (χ1v) is 13.0. The Morgan fingerprint density at radius 1 is 1.09 bits per heavy atom. The van der Waals surface area contributed by atoms with Crippen molar-refractivity contribution in [3.05, 3.63) is 105 Å². The zero-order valence-corrected chi connectivity index (χ0v) is 22.5. The number of hydrogen-bond acceptors (Lipinski definition) is 11. The summed E-state index contributed by atoms with van der Waals surface area (Å²) >= 11 is 0. The normalized spacial score (nSPS) is 11.0. The van der Waals surface area contributed by atoms with Crippen LogP contribution in [0, 0.1) is 16.5 Å². The van der Waals surface area contributed by atoms with Crippen LogP contribution in [0.5, 0.6) is 6.01 Å². The molecule has 0 aliphatic rings. The Bertz CT molecular complexity index is 2050. The first kappa shape index (κ1) is 27.0. The Morgan fingerprint density at radius 3 is 2.60 bits per heavy atom. The van der Waals surface area contributed by atoms with E-state index in [1.165, 1.54) is 0 Å². The number of ether oxygens (including phenoxy) is 2. The quantitative estimate of drug-likeness (QED) is 0.195. The molecule has 0 saturated heterocycles. The second-order valence-corrected chi connectivity index (χ2v) is 9.19. The molecule has 1 N–H and O–H groups in total. The lowest BCUT2D eigenvalue weighted by atomic mass is 9.98.